The molecule has 7 rings (SSSR count). The van der Waals surface area contributed by atoms with Crippen LogP contribution in [0.3, 0.4) is 0 Å². The highest BCUT2D eigenvalue weighted by Gasteiger charge is 2.55. The summed E-state index contributed by atoms with van der Waals surface area (Å²) < 4.78 is 77.1. The molecule has 0 radical (unpaired) electrons. The quantitative estimate of drug-likeness (QED) is 0.0768. The van der Waals surface area contributed by atoms with Crippen LogP contribution < -0.4 is 0 Å². The fraction of sp³-hybridized carbons (Fsp3) is 0.973. The highest BCUT2D eigenvalue weighted by atomic mass is 16.8. The van der Waals surface area contributed by atoms with Gasteiger partial charge in [0.2, 0.25) is 0 Å². The van der Waals surface area contributed by atoms with Crippen LogP contribution in [0.25, 0.3) is 0 Å². The maximum absolute atomic E-state index is 12.0. The summed E-state index contributed by atoms with van der Waals surface area (Å²) in [6.07, 6.45) is -47.1. The first-order valence-corrected chi connectivity index (χ1v) is 21.4. The largest absolute Gasteiger partial charge is 0.479 e. The van der Waals surface area contributed by atoms with Crippen molar-refractivity contribution >= 4 is 5.97 Å². The van der Waals surface area contributed by atoms with E-state index in [-0.39, 0.29) is 19.6 Å². The van der Waals surface area contributed by atoms with E-state index >= 15 is 0 Å². The summed E-state index contributed by atoms with van der Waals surface area (Å²) in [6.45, 7) is -2.52. The number of aliphatic carboxylic acids is 1. The summed E-state index contributed by atoms with van der Waals surface area (Å²) in [4.78, 5) is 12.0. The van der Waals surface area contributed by atoms with Crippen LogP contribution in [0.4, 0.5) is 0 Å². The molecule has 30 nitrogen and oxygen atoms in total. The average molecular weight is 985 g/mol. The highest BCUT2D eigenvalue weighted by molar-refractivity contribution is 5.73. The minimum absolute atomic E-state index is 0.0655. The molecule has 67 heavy (non-hydrogen) atoms. The van der Waals surface area contributed by atoms with Gasteiger partial charge in [-0.15, -0.1) is 0 Å². The van der Waals surface area contributed by atoms with Crippen molar-refractivity contribution in [3.63, 3.8) is 0 Å². The van der Waals surface area contributed by atoms with E-state index in [0.29, 0.717) is 0 Å². The van der Waals surface area contributed by atoms with Crippen molar-refractivity contribution in [2.45, 2.75) is 179 Å². The minimum atomic E-state index is -2.02. The molecule has 7 heterocycles. The molecular weight excluding hydrogens is 924 g/mol. The Hall–Kier alpha value is -1.65. The Morgan fingerprint density at radius 3 is 1.25 bits per heavy atom. The summed E-state index contributed by atoms with van der Waals surface area (Å²) in [5.41, 5.74) is 0. The number of aliphatic hydroxyl groups excluding tert-OH is 14. The molecule has 0 unspecified atom stereocenters. The molecule has 0 aromatic rings. The summed E-state index contributed by atoms with van der Waals surface area (Å²) >= 11 is 0. The Balaban J connectivity index is 0.931. The number of carboxylic acids is 1. The Labute approximate surface area is 379 Å². The lowest BCUT2D eigenvalue weighted by molar-refractivity contribution is -0.383. The zero-order valence-corrected chi connectivity index (χ0v) is 35.4. The predicted octanol–water partition coefficient (Wildman–Crippen LogP) is -10.7. The molecule has 0 aromatic carbocycles. The van der Waals surface area contributed by atoms with Crippen LogP contribution in [0.5, 0.6) is 0 Å². The fourth-order valence-corrected chi connectivity index (χ4v) is 8.36. The van der Waals surface area contributed by atoms with Gasteiger partial charge in [0.15, 0.2) is 50.1 Å². The van der Waals surface area contributed by atoms with Gasteiger partial charge in [-0.05, 0) is 6.42 Å². The van der Waals surface area contributed by atoms with Crippen LogP contribution in [0.2, 0.25) is 0 Å². The lowest BCUT2D eigenvalue weighted by atomic mass is 9.98. The van der Waals surface area contributed by atoms with Crippen molar-refractivity contribution in [3.05, 3.63) is 0 Å². The number of methoxy groups -OCH3 is 1. The molecule has 15 N–H and O–H groups in total. The third kappa shape index (κ3) is 11.5. The number of carboxylic acid groups (broad SMARTS) is 1. The van der Waals surface area contributed by atoms with Gasteiger partial charge in [-0.2, -0.15) is 0 Å². The van der Waals surface area contributed by atoms with Crippen molar-refractivity contribution in [1.82, 2.24) is 0 Å². The molecule has 7 saturated heterocycles. The van der Waals surface area contributed by atoms with Gasteiger partial charge in [0.25, 0.3) is 0 Å². The second kappa shape index (κ2) is 22.8. The molecule has 0 spiro atoms. The lowest BCUT2D eigenvalue weighted by Crippen LogP contribution is -2.65. The van der Waals surface area contributed by atoms with Gasteiger partial charge in [0.05, 0.1) is 45.7 Å². The van der Waals surface area contributed by atoms with E-state index in [1.165, 1.54) is 0 Å². The van der Waals surface area contributed by atoms with Gasteiger partial charge in [-0.1, -0.05) is 0 Å². The van der Waals surface area contributed by atoms with Crippen molar-refractivity contribution in [2.24, 2.45) is 0 Å². The molecule has 28 atom stereocenters. The van der Waals surface area contributed by atoms with E-state index < -0.39 is 205 Å². The third-order valence-electron chi connectivity index (χ3n) is 12.4. The lowest BCUT2D eigenvalue weighted by Gasteiger charge is -2.47. The van der Waals surface area contributed by atoms with Crippen LogP contribution in [0.15, 0.2) is 0 Å². The Morgan fingerprint density at radius 2 is 0.791 bits per heavy atom. The van der Waals surface area contributed by atoms with E-state index in [2.05, 4.69) is 0 Å². The maximum Gasteiger partial charge on any atom is 0.335 e. The first kappa shape index (κ1) is 53.2. The van der Waals surface area contributed by atoms with Crippen LogP contribution in [-0.2, 0) is 71.1 Å². The SMILES string of the molecule is CO[C@H]1[C@H](O)[C@@H](O)[C@@H](O[C@H]2[C@H](O[C@@H]3CO[C@@H](O)[C@H](O)[C@H]3O)OC[C@@H](O[C@@H]3OC[C@@H](O[C@@H]4OC[C@@H](O[C@@H]5OC[C@@H](O[C@@H]6OCC[C@H](O)[C@H]6O)[C@H](O)[C@H]5O)[C@H](O)[C@H]4O)[C@H](O)[C@H]3O)[C@@H]2O)O[C@@H]1C(=O)O. The van der Waals surface area contributed by atoms with E-state index in [1.54, 1.807) is 0 Å². The van der Waals surface area contributed by atoms with Crippen LogP contribution in [-0.4, -0.2) is 302 Å². The number of hydrogen-bond acceptors (Lipinski definition) is 29. The van der Waals surface area contributed by atoms with Crippen LogP contribution in [0.1, 0.15) is 6.42 Å². The number of hydrogen-bond donors (Lipinski definition) is 15. The first-order chi connectivity index (χ1) is 31.8. The molecule has 0 amide bonds. The zero-order valence-electron chi connectivity index (χ0n) is 35.4. The molecule has 0 saturated carbocycles. The summed E-state index contributed by atoms with van der Waals surface area (Å²) in [7, 11) is 1.06. The Bertz CT molecular complexity index is 1570. The smallest absolute Gasteiger partial charge is 0.335 e. The molecule has 388 valence electrons. The van der Waals surface area contributed by atoms with Crippen molar-refractivity contribution in [2.75, 3.05) is 46.8 Å². The number of rotatable bonds is 14. The van der Waals surface area contributed by atoms with Crippen LogP contribution in [0, 0.1) is 0 Å². The molecule has 0 aliphatic carbocycles. The van der Waals surface area contributed by atoms with E-state index in [4.69, 9.17) is 66.3 Å². The first-order valence-electron chi connectivity index (χ1n) is 21.4. The van der Waals surface area contributed by atoms with E-state index in [1.807, 2.05) is 0 Å². The summed E-state index contributed by atoms with van der Waals surface area (Å²) in [5, 5.41) is 159. The van der Waals surface area contributed by atoms with Gasteiger partial charge in [-0.3, -0.25) is 0 Å². The van der Waals surface area contributed by atoms with Crippen molar-refractivity contribution in [1.29, 1.82) is 0 Å². The number of ether oxygens (including phenoxy) is 14. The predicted molar refractivity (Wildman–Crippen MR) is 200 cm³/mol. The maximum atomic E-state index is 12.0. The van der Waals surface area contributed by atoms with Gasteiger partial charge in [0, 0.05) is 7.11 Å². The van der Waals surface area contributed by atoms with Gasteiger partial charge >= 0.3 is 5.97 Å². The average Bonchev–Trinajstić information content (AvgIpc) is 3.30. The standard InChI is InChI=1S/C37H60O30/c1-54-27-21(45)26(50)36(67-29(27)30(51)52)66-28-20(44)14(8-60-37(28)65-10-4-56-31(53)22(46)16(10)40)64-35-25(49)19(43)13(7-59-35)63-34-24(48)18(42)12(6-58-34)62-33-23(47)17(41)11(5-57-33)61-32-15(39)9(38)2-3-55-32/h9-29,31-50,53H,2-8H2,1H3,(H,51,52)/t9-,10+,11+,12+,13+,14+,15+,16-,17-,18-,19-,20-,21+,22+,23+,24+,25+,26+,27-,28+,29-,31+,32-,33-,34-,35-,36-,37-/m0/s1. The molecule has 7 aliphatic rings. The van der Waals surface area contributed by atoms with Gasteiger partial charge < -0.3 is 143 Å². The minimum Gasteiger partial charge on any atom is -0.479 e. The summed E-state index contributed by atoms with van der Waals surface area (Å²) in [6, 6.07) is 0. The number of aliphatic hydroxyl groups is 14. The fourth-order valence-electron chi connectivity index (χ4n) is 8.36. The zero-order chi connectivity index (χ0) is 48.6. The second-order valence-corrected chi connectivity index (χ2v) is 17.0. The van der Waals surface area contributed by atoms with E-state index in [0.717, 1.165) is 7.11 Å². The normalized spacial score (nSPS) is 52.4. The van der Waals surface area contributed by atoms with E-state index in [9.17, 15) is 81.4 Å². The van der Waals surface area contributed by atoms with Gasteiger partial charge in [0.1, 0.15) is 116 Å². The monoisotopic (exact) mass is 984 g/mol. The van der Waals surface area contributed by atoms with Crippen molar-refractivity contribution in [3.8, 4) is 0 Å². The highest BCUT2D eigenvalue weighted by Crippen LogP contribution is 2.34. The van der Waals surface area contributed by atoms with Crippen LogP contribution >= 0.6 is 0 Å². The molecule has 30 heteroatoms. The van der Waals surface area contributed by atoms with Gasteiger partial charge in [-0.25, -0.2) is 4.79 Å². The Morgan fingerprint density at radius 1 is 0.403 bits per heavy atom. The number of carbonyl (C=O) groups is 1. The topological polar surface area (TPSA) is 450 Å². The second-order valence-electron chi connectivity index (χ2n) is 17.0. The molecule has 7 fully saturated rings. The van der Waals surface area contributed by atoms with Crippen molar-refractivity contribution < 1.29 is 148 Å². The summed E-state index contributed by atoms with van der Waals surface area (Å²) in [5.74, 6) is -1.62. The molecule has 0 aromatic heterocycles. The molecule has 7 aliphatic heterocycles. The molecular formula is C37H60O30. The third-order valence-corrected chi connectivity index (χ3v) is 12.4. The Kier molecular flexibility index (Phi) is 18.1. The molecule has 0 bridgehead atoms.